The Morgan fingerprint density at radius 3 is 2.88 bits per heavy atom. The van der Waals surface area contributed by atoms with Crippen LogP contribution in [0.4, 0.5) is 4.39 Å². The van der Waals surface area contributed by atoms with Crippen molar-refractivity contribution in [2.75, 3.05) is 6.61 Å². The van der Waals surface area contributed by atoms with E-state index in [4.69, 9.17) is 16.3 Å². The minimum atomic E-state index is -0.470. The highest BCUT2D eigenvalue weighted by Gasteiger charge is 2.11. The normalized spacial score (nSPS) is 10.8. The highest BCUT2D eigenvalue weighted by Crippen LogP contribution is 2.29. The third-order valence-corrected chi connectivity index (χ3v) is 2.68. The SMILES string of the molecule is CCOc1ccc2nc(C)c(F)c(Cl)c2c1. The average Bonchev–Trinajstić information content (AvgIpc) is 2.28. The van der Waals surface area contributed by atoms with E-state index in [0.29, 0.717) is 29.0 Å². The Morgan fingerprint density at radius 1 is 1.44 bits per heavy atom. The van der Waals surface area contributed by atoms with Gasteiger partial charge in [-0.3, -0.25) is 0 Å². The van der Waals surface area contributed by atoms with Gasteiger partial charge in [-0.2, -0.15) is 0 Å². The second kappa shape index (κ2) is 4.26. The second-order valence-corrected chi connectivity index (χ2v) is 3.82. The number of rotatable bonds is 2. The van der Waals surface area contributed by atoms with Crippen LogP contribution in [0.15, 0.2) is 18.2 Å². The lowest BCUT2D eigenvalue weighted by Crippen LogP contribution is -1.94. The molecule has 2 rings (SSSR count). The maximum Gasteiger partial charge on any atom is 0.163 e. The highest BCUT2D eigenvalue weighted by molar-refractivity contribution is 6.35. The molecule has 0 N–H and O–H groups in total. The van der Waals surface area contributed by atoms with Crippen LogP contribution in [0.5, 0.6) is 5.75 Å². The van der Waals surface area contributed by atoms with E-state index in [-0.39, 0.29) is 5.02 Å². The van der Waals surface area contributed by atoms with Crippen LogP contribution in [0, 0.1) is 12.7 Å². The molecule has 0 aliphatic rings. The van der Waals surface area contributed by atoms with Gasteiger partial charge in [0.2, 0.25) is 0 Å². The van der Waals surface area contributed by atoms with Gasteiger partial charge in [0.05, 0.1) is 22.8 Å². The monoisotopic (exact) mass is 239 g/mol. The Morgan fingerprint density at radius 2 is 2.19 bits per heavy atom. The van der Waals surface area contributed by atoms with Crippen LogP contribution in [0.3, 0.4) is 0 Å². The van der Waals surface area contributed by atoms with Gasteiger partial charge in [0.25, 0.3) is 0 Å². The van der Waals surface area contributed by atoms with Crippen LogP contribution >= 0.6 is 11.6 Å². The first-order valence-corrected chi connectivity index (χ1v) is 5.39. The molecule has 1 aromatic carbocycles. The lowest BCUT2D eigenvalue weighted by atomic mass is 10.2. The summed E-state index contributed by atoms with van der Waals surface area (Å²) in [5.41, 5.74) is 0.981. The van der Waals surface area contributed by atoms with Crippen LogP contribution < -0.4 is 4.74 Å². The maximum absolute atomic E-state index is 13.5. The van der Waals surface area contributed by atoms with Gasteiger partial charge in [0.1, 0.15) is 5.75 Å². The minimum absolute atomic E-state index is 0.101. The first-order chi connectivity index (χ1) is 7.63. The van der Waals surface area contributed by atoms with E-state index in [0.717, 1.165) is 0 Å². The molecule has 2 nitrogen and oxygen atoms in total. The van der Waals surface area contributed by atoms with Crippen molar-refractivity contribution in [3.63, 3.8) is 0 Å². The van der Waals surface area contributed by atoms with E-state index in [1.54, 1.807) is 25.1 Å². The Bertz CT molecular complexity index is 542. The molecule has 0 spiro atoms. The molecule has 16 heavy (non-hydrogen) atoms. The summed E-state index contributed by atoms with van der Waals surface area (Å²) in [6.07, 6.45) is 0. The number of benzene rings is 1. The number of pyridine rings is 1. The van der Waals surface area contributed by atoms with Gasteiger partial charge >= 0.3 is 0 Å². The number of fused-ring (bicyclic) bond motifs is 1. The number of aryl methyl sites for hydroxylation is 1. The zero-order valence-electron chi connectivity index (χ0n) is 9.05. The van der Waals surface area contributed by atoms with E-state index in [9.17, 15) is 4.39 Å². The Labute approximate surface area is 98.0 Å². The van der Waals surface area contributed by atoms with E-state index < -0.39 is 5.82 Å². The summed E-state index contributed by atoms with van der Waals surface area (Å²) in [6, 6.07) is 5.28. The standard InChI is InChI=1S/C12H11ClFNO/c1-3-16-8-4-5-10-9(6-8)11(13)12(14)7(2)15-10/h4-6H,3H2,1-2H3. The number of hydrogen-bond acceptors (Lipinski definition) is 2. The average molecular weight is 240 g/mol. The third kappa shape index (κ3) is 1.83. The van der Waals surface area contributed by atoms with Crippen LogP contribution in [0.1, 0.15) is 12.6 Å². The summed E-state index contributed by atoms with van der Waals surface area (Å²) in [4.78, 5) is 4.12. The summed E-state index contributed by atoms with van der Waals surface area (Å²) in [5, 5.41) is 0.680. The number of aromatic nitrogens is 1. The summed E-state index contributed by atoms with van der Waals surface area (Å²) >= 11 is 5.93. The molecule has 1 heterocycles. The van der Waals surface area contributed by atoms with E-state index in [1.807, 2.05) is 6.92 Å². The molecule has 0 amide bonds. The Hall–Kier alpha value is -1.35. The molecular formula is C12H11ClFNO. The third-order valence-electron chi connectivity index (χ3n) is 2.31. The molecule has 0 aliphatic carbocycles. The fourth-order valence-electron chi connectivity index (χ4n) is 1.55. The second-order valence-electron chi connectivity index (χ2n) is 3.44. The lowest BCUT2D eigenvalue weighted by Gasteiger charge is -2.07. The summed E-state index contributed by atoms with van der Waals surface area (Å²) in [6.45, 7) is 4.04. The summed E-state index contributed by atoms with van der Waals surface area (Å²) in [5.74, 6) is 0.199. The molecule has 84 valence electrons. The zero-order chi connectivity index (χ0) is 11.7. The molecule has 0 saturated carbocycles. The van der Waals surface area contributed by atoms with Crippen molar-refractivity contribution >= 4 is 22.5 Å². The summed E-state index contributed by atoms with van der Waals surface area (Å²) < 4.78 is 18.9. The lowest BCUT2D eigenvalue weighted by molar-refractivity contribution is 0.340. The predicted octanol–water partition coefficient (Wildman–Crippen LogP) is 3.73. The highest BCUT2D eigenvalue weighted by atomic mass is 35.5. The van der Waals surface area contributed by atoms with Crippen LogP contribution in [-0.2, 0) is 0 Å². The van der Waals surface area contributed by atoms with E-state index >= 15 is 0 Å². The van der Waals surface area contributed by atoms with Crippen LogP contribution in [0.25, 0.3) is 10.9 Å². The van der Waals surface area contributed by atoms with Crippen molar-refractivity contribution in [3.8, 4) is 5.75 Å². The quantitative estimate of drug-likeness (QED) is 0.797. The van der Waals surface area contributed by atoms with Gasteiger partial charge in [-0.1, -0.05) is 11.6 Å². The molecule has 1 aromatic heterocycles. The molecular weight excluding hydrogens is 229 g/mol. The Kier molecular flexibility index (Phi) is 2.97. The minimum Gasteiger partial charge on any atom is -0.494 e. The molecule has 0 radical (unpaired) electrons. The van der Waals surface area contributed by atoms with E-state index in [2.05, 4.69) is 4.98 Å². The number of nitrogens with zero attached hydrogens (tertiary/aromatic N) is 1. The fraction of sp³-hybridized carbons (Fsp3) is 0.250. The molecule has 0 bridgehead atoms. The number of ether oxygens (including phenoxy) is 1. The number of halogens is 2. The molecule has 2 aromatic rings. The van der Waals surface area contributed by atoms with Gasteiger partial charge < -0.3 is 4.74 Å². The smallest absolute Gasteiger partial charge is 0.163 e. The molecule has 0 fully saturated rings. The van der Waals surface area contributed by atoms with Crippen molar-refractivity contribution in [1.29, 1.82) is 0 Å². The van der Waals surface area contributed by atoms with Crippen LogP contribution in [0.2, 0.25) is 5.02 Å². The van der Waals surface area contributed by atoms with Gasteiger partial charge in [-0.15, -0.1) is 0 Å². The first kappa shape index (κ1) is 11.1. The van der Waals surface area contributed by atoms with E-state index in [1.165, 1.54) is 0 Å². The van der Waals surface area contributed by atoms with Crippen molar-refractivity contribution in [1.82, 2.24) is 4.98 Å². The molecule has 0 aliphatic heterocycles. The molecule has 4 heteroatoms. The van der Waals surface area contributed by atoms with Gasteiger partial charge in [-0.05, 0) is 32.0 Å². The van der Waals surface area contributed by atoms with Crippen molar-refractivity contribution in [2.24, 2.45) is 0 Å². The number of hydrogen-bond donors (Lipinski definition) is 0. The molecule has 0 unspecified atom stereocenters. The van der Waals surface area contributed by atoms with Gasteiger partial charge in [0.15, 0.2) is 5.82 Å². The predicted molar refractivity (Wildman–Crippen MR) is 62.6 cm³/mol. The molecule has 0 saturated heterocycles. The first-order valence-electron chi connectivity index (χ1n) is 5.01. The van der Waals surface area contributed by atoms with Gasteiger partial charge in [0, 0.05) is 5.39 Å². The van der Waals surface area contributed by atoms with Crippen molar-refractivity contribution < 1.29 is 9.13 Å². The topological polar surface area (TPSA) is 22.1 Å². The fourth-order valence-corrected chi connectivity index (χ4v) is 1.84. The van der Waals surface area contributed by atoms with Crippen molar-refractivity contribution in [2.45, 2.75) is 13.8 Å². The maximum atomic E-state index is 13.5. The largest absolute Gasteiger partial charge is 0.494 e. The molecule has 0 atom stereocenters. The van der Waals surface area contributed by atoms with Crippen molar-refractivity contribution in [3.05, 3.63) is 34.7 Å². The van der Waals surface area contributed by atoms with Gasteiger partial charge in [-0.25, -0.2) is 9.37 Å². The summed E-state index contributed by atoms with van der Waals surface area (Å²) in [7, 11) is 0. The Balaban J connectivity index is 2.68. The van der Waals surface area contributed by atoms with Crippen LogP contribution in [-0.4, -0.2) is 11.6 Å². The zero-order valence-corrected chi connectivity index (χ0v) is 9.81.